The van der Waals surface area contributed by atoms with Gasteiger partial charge in [0.2, 0.25) is 15.9 Å². The van der Waals surface area contributed by atoms with Crippen LogP contribution in [-0.2, 0) is 14.8 Å². The van der Waals surface area contributed by atoms with Crippen LogP contribution in [0.5, 0.6) is 11.5 Å². The number of hydrogen-bond acceptors (Lipinski definition) is 5. The lowest BCUT2D eigenvalue weighted by atomic mass is 10.1. The number of amides is 1. The number of carbonyl (C=O) groups excluding carboxylic acids is 1. The molecule has 0 radical (unpaired) electrons. The fraction of sp³-hybridized carbons (Fsp3) is 0.316. The summed E-state index contributed by atoms with van der Waals surface area (Å²) in [7, 11) is -3.74. The van der Waals surface area contributed by atoms with Crippen LogP contribution in [0.25, 0.3) is 0 Å². The number of hydrogen-bond donors (Lipinski definition) is 2. The Labute approximate surface area is 158 Å². The lowest BCUT2D eigenvalue weighted by Crippen LogP contribution is -2.44. The predicted octanol–water partition coefficient (Wildman–Crippen LogP) is 1.54. The van der Waals surface area contributed by atoms with E-state index in [1.165, 1.54) is 6.07 Å². The summed E-state index contributed by atoms with van der Waals surface area (Å²) < 4.78 is 38.2. The largest absolute Gasteiger partial charge is 0.486 e. The number of nitrogens with one attached hydrogen (secondary N) is 2. The monoisotopic (exact) mass is 390 g/mol. The van der Waals surface area contributed by atoms with E-state index in [0.29, 0.717) is 18.1 Å². The number of sulfonamides is 1. The summed E-state index contributed by atoms with van der Waals surface area (Å²) >= 11 is 0. The Bertz CT molecular complexity index is 943. The standard InChI is InChI=1S/C19H22N2O5S/c1-13-7-8-16(9-14(13)2)27(23,24)21-11-19(22)20-10-15-12-25-17-5-3-4-6-18(17)26-15/h3-9,15,21H,10-12H2,1-2H3,(H,20,22). The summed E-state index contributed by atoms with van der Waals surface area (Å²) in [5, 5.41) is 2.66. The summed E-state index contributed by atoms with van der Waals surface area (Å²) in [4.78, 5) is 12.1. The van der Waals surface area contributed by atoms with Gasteiger partial charge in [0.15, 0.2) is 11.5 Å². The molecule has 2 aromatic carbocycles. The second-order valence-electron chi connectivity index (χ2n) is 6.37. The van der Waals surface area contributed by atoms with Gasteiger partial charge in [0.25, 0.3) is 0 Å². The van der Waals surface area contributed by atoms with E-state index in [4.69, 9.17) is 9.47 Å². The second kappa shape index (κ2) is 7.98. The molecule has 27 heavy (non-hydrogen) atoms. The van der Waals surface area contributed by atoms with E-state index < -0.39 is 15.9 Å². The maximum absolute atomic E-state index is 12.3. The third-order valence-corrected chi connectivity index (χ3v) is 5.70. The molecule has 2 N–H and O–H groups in total. The molecule has 1 heterocycles. The quantitative estimate of drug-likeness (QED) is 0.780. The van der Waals surface area contributed by atoms with Crippen molar-refractivity contribution in [3.8, 4) is 11.5 Å². The molecule has 2 aromatic rings. The molecule has 0 spiro atoms. The average Bonchev–Trinajstić information content (AvgIpc) is 2.66. The number of aryl methyl sites for hydroxylation is 2. The van der Waals surface area contributed by atoms with E-state index in [0.717, 1.165) is 11.1 Å². The Morgan fingerprint density at radius 2 is 1.85 bits per heavy atom. The number of ether oxygens (including phenoxy) is 2. The minimum absolute atomic E-state index is 0.138. The molecule has 0 aromatic heterocycles. The van der Waals surface area contributed by atoms with Crippen LogP contribution in [0.15, 0.2) is 47.4 Å². The zero-order valence-corrected chi connectivity index (χ0v) is 16.0. The smallest absolute Gasteiger partial charge is 0.241 e. The first kappa shape index (κ1) is 19.2. The van der Waals surface area contributed by atoms with Gasteiger partial charge in [-0.2, -0.15) is 0 Å². The summed E-state index contributed by atoms with van der Waals surface area (Å²) in [5.74, 6) is 0.851. The molecule has 144 valence electrons. The number of fused-ring (bicyclic) bond motifs is 1. The molecule has 3 rings (SSSR count). The molecule has 1 amide bonds. The average molecular weight is 390 g/mol. The van der Waals surface area contributed by atoms with Gasteiger partial charge in [-0.15, -0.1) is 0 Å². The molecule has 0 bridgehead atoms. The number of benzene rings is 2. The third kappa shape index (κ3) is 4.78. The molecule has 1 aliphatic rings. The molecular formula is C19H22N2O5S. The molecule has 1 unspecified atom stereocenters. The maximum Gasteiger partial charge on any atom is 0.241 e. The third-order valence-electron chi connectivity index (χ3n) is 4.31. The van der Waals surface area contributed by atoms with E-state index in [2.05, 4.69) is 10.0 Å². The van der Waals surface area contributed by atoms with Crippen molar-refractivity contribution >= 4 is 15.9 Å². The SMILES string of the molecule is Cc1ccc(S(=O)(=O)NCC(=O)NCC2COc3ccccc3O2)cc1C. The van der Waals surface area contributed by atoms with Crippen LogP contribution >= 0.6 is 0 Å². The van der Waals surface area contributed by atoms with Gasteiger partial charge in [-0.05, 0) is 49.2 Å². The van der Waals surface area contributed by atoms with Gasteiger partial charge in [-0.3, -0.25) is 4.79 Å². The first-order chi connectivity index (χ1) is 12.8. The van der Waals surface area contributed by atoms with Crippen LogP contribution in [0, 0.1) is 13.8 Å². The minimum atomic E-state index is -3.74. The van der Waals surface area contributed by atoms with Crippen molar-refractivity contribution in [3.63, 3.8) is 0 Å². The number of para-hydroxylation sites is 2. The highest BCUT2D eigenvalue weighted by Crippen LogP contribution is 2.30. The molecule has 0 aliphatic carbocycles. The number of carbonyl (C=O) groups is 1. The highest BCUT2D eigenvalue weighted by atomic mass is 32.2. The highest BCUT2D eigenvalue weighted by molar-refractivity contribution is 7.89. The highest BCUT2D eigenvalue weighted by Gasteiger charge is 2.21. The molecule has 1 aliphatic heterocycles. The molecule has 8 heteroatoms. The first-order valence-electron chi connectivity index (χ1n) is 8.57. The molecule has 0 fully saturated rings. The van der Waals surface area contributed by atoms with Crippen molar-refractivity contribution in [3.05, 3.63) is 53.6 Å². The van der Waals surface area contributed by atoms with Crippen LogP contribution in [0.2, 0.25) is 0 Å². The lowest BCUT2D eigenvalue weighted by Gasteiger charge is -2.26. The van der Waals surface area contributed by atoms with E-state index in [9.17, 15) is 13.2 Å². The van der Waals surface area contributed by atoms with Gasteiger partial charge in [0.05, 0.1) is 18.0 Å². The Morgan fingerprint density at radius 3 is 2.59 bits per heavy atom. The molecular weight excluding hydrogens is 368 g/mol. The fourth-order valence-corrected chi connectivity index (χ4v) is 3.65. The van der Waals surface area contributed by atoms with Crippen molar-refractivity contribution in [2.75, 3.05) is 19.7 Å². The van der Waals surface area contributed by atoms with Gasteiger partial charge in [0.1, 0.15) is 12.7 Å². The van der Waals surface area contributed by atoms with Crippen molar-refractivity contribution in [1.82, 2.24) is 10.0 Å². The fourth-order valence-electron chi connectivity index (χ4n) is 2.58. The Morgan fingerprint density at radius 1 is 1.11 bits per heavy atom. The van der Waals surface area contributed by atoms with Crippen molar-refractivity contribution in [2.45, 2.75) is 24.8 Å². The normalized spacial score (nSPS) is 16.0. The predicted molar refractivity (Wildman–Crippen MR) is 100 cm³/mol. The summed E-state index contributed by atoms with van der Waals surface area (Å²) in [5.41, 5.74) is 1.88. The summed E-state index contributed by atoms with van der Waals surface area (Å²) in [6.07, 6.45) is -0.333. The molecule has 7 nitrogen and oxygen atoms in total. The Kier molecular flexibility index (Phi) is 5.67. The van der Waals surface area contributed by atoms with E-state index in [1.54, 1.807) is 18.2 Å². The molecule has 0 saturated heterocycles. The van der Waals surface area contributed by atoms with Crippen LogP contribution in [0.3, 0.4) is 0 Å². The summed E-state index contributed by atoms with van der Waals surface area (Å²) in [6.45, 7) is 3.93. The molecule has 0 saturated carbocycles. The van der Waals surface area contributed by atoms with Crippen LogP contribution < -0.4 is 19.5 Å². The van der Waals surface area contributed by atoms with Gasteiger partial charge < -0.3 is 14.8 Å². The van der Waals surface area contributed by atoms with Crippen molar-refractivity contribution in [1.29, 1.82) is 0 Å². The van der Waals surface area contributed by atoms with E-state index >= 15 is 0 Å². The zero-order valence-electron chi connectivity index (χ0n) is 15.2. The van der Waals surface area contributed by atoms with Crippen LogP contribution in [-0.4, -0.2) is 40.1 Å². The Balaban J connectivity index is 1.49. The number of rotatable bonds is 6. The lowest BCUT2D eigenvalue weighted by molar-refractivity contribution is -0.120. The van der Waals surface area contributed by atoms with Crippen LogP contribution in [0.4, 0.5) is 0 Å². The first-order valence-corrected chi connectivity index (χ1v) is 10.1. The molecule has 1 atom stereocenters. The van der Waals surface area contributed by atoms with Gasteiger partial charge in [-0.25, -0.2) is 13.1 Å². The minimum Gasteiger partial charge on any atom is -0.486 e. The topological polar surface area (TPSA) is 93.7 Å². The summed E-state index contributed by atoms with van der Waals surface area (Å²) in [6, 6.07) is 12.1. The van der Waals surface area contributed by atoms with Gasteiger partial charge in [-0.1, -0.05) is 18.2 Å². The van der Waals surface area contributed by atoms with E-state index in [-0.39, 0.29) is 24.1 Å². The maximum atomic E-state index is 12.3. The van der Waals surface area contributed by atoms with Crippen molar-refractivity contribution < 1.29 is 22.7 Å². The van der Waals surface area contributed by atoms with E-state index in [1.807, 2.05) is 32.0 Å². The van der Waals surface area contributed by atoms with Crippen molar-refractivity contribution in [2.24, 2.45) is 0 Å². The van der Waals surface area contributed by atoms with Gasteiger partial charge in [0, 0.05) is 0 Å². The second-order valence-corrected chi connectivity index (χ2v) is 8.14. The Hall–Kier alpha value is -2.58. The van der Waals surface area contributed by atoms with Crippen LogP contribution in [0.1, 0.15) is 11.1 Å². The zero-order chi connectivity index (χ0) is 19.4. The van der Waals surface area contributed by atoms with Gasteiger partial charge >= 0.3 is 0 Å².